The predicted octanol–water partition coefficient (Wildman–Crippen LogP) is 5.15. The molecule has 200 valence electrons. The van der Waals surface area contributed by atoms with Gasteiger partial charge in [-0.1, -0.05) is 38.1 Å². The van der Waals surface area contributed by atoms with Crippen LogP contribution in [0.5, 0.6) is 23.0 Å². The van der Waals surface area contributed by atoms with Crippen molar-refractivity contribution in [2.75, 3.05) is 54.6 Å². The van der Waals surface area contributed by atoms with E-state index in [2.05, 4.69) is 48.8 Å². The lowest BCUT2D eigenvalue weighted by Gasteiger charge is -2.16. The van der Waals surface area contributed by atoms with E-state index in [0.717, 1.165) is 87.7 Å². The largest absolute Gasteiger partial charge is 0.493 e. The molecule has 0 saturated heterocycles. The summed E-state index contributed by atoms with van der Waals surface area (Å²) < 4.78 is 22.0. The highest BCUT2D eigenvalue weighted by molar-refractivity contribution is 5.51. The summed E-state index contributed by atoms with van der Waals surface area (Å²) in [4.78, 5) is 0. The molecule has 2 aromatic carbocycles. The first-order valence-corrected chi connectivity index (χ1v) is 13.2. The second-order valence-electron chi connectivity index (χ2n) is 8.63. The van der Waals surface area contributed by atoms with Gasteiger partial charge in [-0.15, -0.1) is 0 Å². The zero-order valence-corrected chi connectivity index (χ0v) is 23.2. The van der Waals surface area contributed by atoms with Crippen molar-refractivity contribution in [2.45, 2.75) is 52.4 Å². The van der Waals surface area contributed by atoms with E-state index in [1.54, 1.807) is 28.4 Å². The van der Waals surface area contributed by atoms with Crippen LogP contribution < -0.4 is 29.6 Å². The van der Waals surface area contributed by atoms with Crippen LogP contribution in [0.15, 0.2) is 36.4 Å². The molecule has 0 aliphatic heterocycles. The molecule has 0 saturated carbocycles. The van der Waals surface area contributed by atoms with Crippen LogP contribution in [0.2, 0.25) is 0 Å². The van der Waals surface area contributed by atoms with Crippen LogP contribution in [0, 0.1) is 0 Å². The zero-order chi connectivity index (χ0) is 26.2. The van der Waals surface area contributed by atoms with Gasteiger partial charge >= 0.3 is 0 Å². The topological polar surface area (TPSA) is 61.0 Å². The van der Waals surface area contributed by atoms with Crippen LogP contribution in [0.4, 0.5) is 0 Å². The summed E-state index contributed by atoms with van der Waals surface area (Å²) in [7, 11) is 6.79. The molecule has 2 rings (SSSR count). The summed E-state index contributed by atoms with van der Waals surface area (Å²) in [6, 6.07) is 8.31. The van der Waals surface area contributed by atoms with Gasteiger partial charge in [0, 0.05) is 11.1 Å². The first-order chi connectivity index (χ1) is 17.6. The third-order valence-corrected chi connectivity index (χ3v) is 6.48. The summed E-state index contributed by atoms with van der Waals surface area (Å²) in [5.74, 6) is 3.34. The number of rotatable bonds is 18. The fourth-order valence-corrected chi connectivity index (χ4v) is 4.61. The molecule has 0 radical (unpaired) electrons. The van der Waals surface area contributed by atoms with Crippen LogP contribution in [0.3, 0.4) is 0 Å². The molecule has 0 unspecified atom stereocenters. The standard InChI is InChI=1S/C30H46N2O4/c1-7-25-23(13-15-27(33-3)29(25)35-5)17-21-31-19-11-9-10-12-20-32-22-18-24-14-16-28(34-4)30(36-6)26(24)8-2/h9-10,13-16,31-32H,7-8,11-12,17-22H2,1-6H3/b10-9+. The van der Waals surface area contributed by atoms with Gasteiger partial charge in [0.15, 0.2) is 23.0 Å². The third kappa shape index (κ3) is 8.45. The maximum absolute atomic E-state index is 5.59. The Hall–Kier alpha value is -2.70. The van der Waals surface area contributed by atoms with Crippen molar-refractivity contribution in [1.29, 1.82) is 0 Å². The average Bonchev–Trinajstić information content (AvgIpc) is 2.92. The molecule has 36 heavy (non-hydrogen) atoms. The average molecular weight is 499 g/mol. The normalized spacial score (nSPS) is 11.2. The molecule has 0 aliphatic rings. The molecule has 0 fully saturated rings. The monoisotopic (exact) mass is 498 g/mol. The van der Waals surface area contributed by atoms with Gasteiger partial charge in [0.2, 0.25) is 0 Å². The van der Waals surface area contributed by atoms with E-state index in [9.17, 15) is 0 Å². The van der Waals surface area contributed by atoms with E-state index in [0.29, 0.717) is 0 Å². The van der Waals surface area contributed by atoms with Gasteiger partial charge in [0.05, 0.1) is 28.4 Å². The number of benzene rings is 2. The van der Waals surface area contributed by atoms with E-state index in [1.807, 2.05) is 12.1 Å². The molecule has 6 nitrogen and oxygen atoms in total. The van der Waals surface area contributed by atoms with Gasteiger partial charge in [-0.3, -0.25) is 0 Å². The SMILES string of the molecule is CCc1c(CCNCC/C=C/CCNCCc2ccc(OC)c(OC)c2CC)ccc(OC)c1OC. The van der Waals surface area contributed by atoms with Gasteiger partial charge in [0.1, 0.15) is 0 Å². The summed E-state index contributed by atoms with van der Waals surface area (Å²) in [5, 5.41) is 7.10. The second kappa shape index (κ2) is 16.9. The van der Waals surface area contributed by atoms with Crippen molar-refractivity contribution < 1.29 is 18.9 Å². The Morgan fingerprint density at radius 1 is 0.583 bits per heavy atom. The Morgan fingerprint density at radius 3 is 1.33 bits per heavy atom. The number of ether oxygens (including phenoxy) is 4. The first kappa shape index (κ1) is 29.5. The van der Waals surface area contributed by atoms with Crippen LogP contribution in [-0.4, -0.2) is 54.6 Å². The molecule has 2 N–H and O–H groups in total. The Labute approximate surface area is 218 Å². The van der Waals surface area contributed by atoms with E-state index < -0.39 is 0 Å². The fraction of sp³-hybridized carbons (Fsp3) is 0.533. The van der Waals surface area contributed by atoms with E-state index >= 15 is 0 Å². The summed E-state index contributed by atoms with van der Waals surface area (Å²) in [6.45, 7) is 8.19. The van der Waals surface area contributed by atoms with Gasteiger partial charge in [-0.2, -0.15) is 0 Å². The van der Waals surface area contributed by atoms with Crippen molar-refractivity contribution >= 4 is 0 Å². The zero-order valence-electron chi connectivity index (χ0n) is 23.2. The number of methoxy groups -OCH3 is 4. The molecule has 0 amide bonds. The molecule has 6 heteroatoms. The summed E-state index contributed by atoms with van der Waals surface area (Å²) >= 11 is 0. The van der Waals surface area contributed by atoms with Crippen molar-refractivity contribution in [3.63, 3.8) is 0 Å². The molecular formula is C30H46N2O4. The number of hydrogen-bond acceptors (Lipinski definition) is 6. The quantitative estimate of drug-likeness (QED) is 0.219. The minimum atomic E-state index is 0.803. The van der Waals surface area contributed by atoms with Crippen molar-refractivity contribution in [1.82, 2.24) is 10.6 Å². The molecule has 0 aliphatic carbocycles. The van der Waals surface area contributed by atoms with Gasteiger partial charge in [-0.05, 0) is 88.0 Å². The smallest absolute Gasteiger partial charge is 0.164 e. The van der Waals surface area contributed by atoms with E-state index in [4.69, 9.17) is 18.9 Å². The molecule has 0 bridgehead atoms. The third-order valence-electron chi connectivity index (χ3n) is 6.48. The minimum Gasteiger partial charge on any atom is -0.493 e. The first-order valence-electron chi connectivity index (χ1n) is 13.2. The molecule has 0 spiro atoms. The van der Waals surface area contributed by atoms with Crippen LogP contribution in [-0.2, 0) is 25.7 Å². The summed E-state index contributed by atoms with van der Waals surface area (Å²) in [6.07, 6.45) is 10.4. The van der Waals surface area contributed by atoms with Gasteiger partial charge in [-0.25, -0.2) is 0 Å². The van der Waals surface area contributed by atoms with Crippen molar-refractivity contribution in [3.05, 3.63) is 58.7 Å². The van der Waals surface area contributed by atoms with Crippen molar-refractivity contribution in [3.8, 4) is 23.0 Å². The van der Waals surface area contributed by atoms with Crippen LogP contribution in [0.1, 0.15) is 48.9 Å². The Balaban J connectivity index is 1.62. The Morgan fingerprint density at radius 2 is 1.00 bits per heavy atom. The molecule has 0 heterocycles. The van der Waals surface area contributed by atoms with Crippen LogP contribution >= 0.6 is 0 Å². The van der Waals surface area contributed by atoms with E-state index in [1.165, 1.54) is 22.3 Å². The lowest BCUT2D eigenvalue weighted by atomic mass is 10.0. The Bertz CT molecular complexity index is 868. The lowest BCUT2D eigenvalue weighted by Crippen LogP contribution is -2.19. The number of nitrogens with one attached hydrogen (secondary N) is 2. The Kier molecular flexibility index (Phi) is 13.8. The minimum absolute atomic E-state index is 0.803. The van der Waals surface area contributed by atoms with Gasteiger partial charge < -0.3 is 29.6 Å². The van der Waals surface area contributed by atoms with E-state index in [-0.39, 0.29) is 0 Å². The highest BCUT2D eigenvalue weighted by Gasteiger charge is 2.14. The summed E-state index contributed by atoms with van der Waals surface area (Å²) in [5.41, 5.74) is 5.12. The fourth-order valence-electron chi connectivity index (χ4n) is 4.61. The maximum atomic E-state index is 5.59. The lowest BCUT2D eigenvalue weighted by molar-refractivity contribution is 0.351. The highest BCUT2D eigenvalue weighted by atomic mass is 16.5. The highest BCUT2D eigenvalue weighted by Crippen LogP contribution is 2.35. The van der Waals surface area contributed by atoms with Gasteiger partial charge in [0.25, 0.3) is 0 Å². The second-order valence-corrected chi connectivity index (χ2v) is 8.63. The van der Waals surface area contributed by atoms with Crippen LogP contribution in [0.25, 0.3) is 0 Å². The molecule has 2 aromatic rings. The molecular weight excluding hydrogens is 452 g/mol. The molecule has 0 aromatic heterocycles. The number of hydrogen-bond donors (Lipinski definition) is 2. The van der Waals surface area contributed by atoms with Crippen molar-refractivity contribution in [2.24, 2.45) is 0 Å². The predicted molar refractivity (Wildman–Crippen MR) is 149 cm³/mol. The molecule has 0 atom stereocenters. The maximum Gasteiger partial charge on any atom is 0.164 e.